The van der Waals surface area contributed by atoms with E-state index in [2.05, 4.69) is 21.3 Å². The molecule has 2 aromatic carbocycles. The molecule has 0 saturated heterocycles. The summed E-state index contributed by atoms with van der Waals surface area (Å²) in [5.74, 6) is -3.13. The van der Waals surface area contributed by atoms with Crippen LogP contribution in [0.25, 0.3) is 0 Å². The Balaban J connectivity index is 1.73. The number of phenols is 1. The van der Waals surface area contributed by atoms with Crippen LogP contribution in [0.5, 0.6) is 5.75 Å². The van der Waals surface area contributed by atoms with Gasteiger partial charge in [0.05, 0.1) is 12.6 Å². The third-order valence-corrected chi connectivity index (χ3v) is 6.29. The predicted octanol–water partition coefficient (Wildman–Crippen LogP) is -1.09. The van der Waals surface area contributed by atoms with Crippen LogP contribution in [0.3, 0.4) is 0 Å². The minimum atomic E-state index is -1.06. The van der Waals surface area contributed by atoms with Crippen molar-refractivity contribution in [1.29, 1.82) is 0 Å². The molecule has 1 aliphatic heterocycles. The maximum Gasteiger partial charge on any atom is 0.243 e. The summed E-state index contributed by atoms with van der Waals surface area (Å²) < 4.78 is 0. The van der Waals surface area contributed by atoms with Gasteiger partial charge in [-0.15, -0.1) is 0 Å². The Labute approximate surface area is 231 Å². The van der Waals surface area contributed by atoms with Crippen molar-refractivity contribution in [2.75, 3.05) is 6.54 Å². The first-order chi connectivity index (χ1) is 19.1. The third-order valence-electron chi connectivity index (χ3n) is 6.29. The van der Waals surface area contributed by atoms with Crippen molar-refractivity contribution in [3.05, 3.63) is 77.9 Å². The second-order valence-corrected chi connectivity index (χ2v) is 9.47. The number of phenolic OH excluding ortho intramolecular Hbond substituents is 1. The SMILES string of the molecule is NC(=O)C1C/C=C\CC(NC(=O)[C@H](N)Cc2ccc(O)cc2)C(=O)NCC(=O)N[C@@H](Cc2ccccc2)C(=O)N1. The van der Waals surface area contributed by atoms with Gasteiger partial charge < -0.3 is 37.8 Å². The molecule has 0 spiro atoms. The van der Waals surface area contributed by atoms with E-state index in [0.717, 1.165) is 11.1 Å². The summed E-state index contributed by atoms with van der Waals surface area (Å²) in [6.07, 6.45) is 3.53. The Kier molecular flexibility index (Phi) is 10.8. The molecule has 0 aliphatic carbocycles. The number of hydrogen-bond donors (Lipinski definition) is 7. The molecule has 3 rings (SSSR count). The summed E-state index contributed by atoms with van der Waals surface area (Å²) in [7, 11) is 0. The van der Waals surface area contributed by atoms with Gasteiger partial charge in [-0.05, 0) is 42.5 Å². The fourth-order valence-corrected chi connectivity index (χ4v) is 4.07. The standard InChI is InChI=1S/C28H34N6O6/c29-20(14-18-10-12-19(35)13-11-18)26(38)34-22-9-5-4-8-21(25(30)37)33-28(40)23(15-17-6-2-1-3-7-17)32-24(36)16-31-27(22)39/h1-7,10-13,20-23,35H,8-9,14-16,29H2,(H2,30,37)(H,31,39)(H,32,36)(H,33,40)(H,34,38)/b5-4-/t20-,21?,22?,23+/m1/s1. The third kappa shape index (κ3) is 9.24. The van der Waals surface area contributed by atoms with E-state index in [9.17, 15) is 29.1 Å². The van der Waals surface area contributed by atoms with Gasteiger partial charge in [0.1, 0.15) is 23.9 Å². The van der Waals surface area contributed by atoms with E-state index in [1.54, 1.807) is 48.6 Å². The van der Waals surface area contributed by atoms with Gasteiger partial charge in [0, 0.05) is 6.42 Å². The lowest BCUT2D eigenvalue weighted by atomic mass is 10.0. The second-order valence-electron chi connectivity index (χ2n) is 9.47. The zero-order chi connectivity index (χ0) is 29.1. The molecular weight excluding hydrogens is 516 g/mol. The van der Waals surface area contributed by atoms with Gasteiger partial charge in [0.15, 0.2) is 0 Å². The maximum absolute atomic E-state index is 13.0. The van der Waals surface area contributed by atoms with Crippen LogP contribution in [-0.2, 0) is 36.8 Å². The van der Waals surface area contributed by atoms with E-state index in [1.807, 2.05) is 6.07 Å². The van der Waals surface area contributed by atoms with E-state index in [1.165, 1.54) is 12.1 Å². The molecule has 12 nitrogen and oxygen atoms in total. The van der Waals surface area contributed by atoms with Crippen LogP contribution in [-0.4, -0.2) is 65.4 Å². The van der Waals surface area contributed by atoms with Crippen LogP contribution >= 0.6 is 0 Å². The van der Waals surface area contributed by atoms with Gasteiger partial charge in [0.2, 0.25) is 29.5 Å². The molecule has 1 heterocycles. The van der Waals surface area contributed by atoms with Gasteiger partial charge in [-0.2, -0.15) is 0 Å². The number of nitrogens with one attached hydrogen (secondary N) is 4. The number of amides is 5. The second kappa shape index (κ2) is 14.4. The van der Waals surface area contributed by atoms with Gasteiger partial charge in [-0.3, -0.25) is 24.0 Å². The van der Waals surface area contributed by atoms with Gasteiger partial charge in [-0.1, -0.05) is 54.6 Å². The van der Waals surface area contributed by atoms with E-state index in [4.69, 9.17) is 11.5 Å². The number of nitrogens with two attached hydrogens (primary N) is 2. The van der Waals surface area contributed by atoms with E-state index in [-0.39, 0.29) is 31.4 Å². The summed E-state index contributed by atoms with van der Waals surface area (Å²) in [6.45, 7) is -0.452. The van der Waals surface area contributed by atoms with E-state index in [0.29, 0.717) is 0 Å². The molecule has 9 N–H and O–H groups in total. The fraction of sp³-hybridized carbons (Fsp3) is 0.321. The molecule has 1 aliphatic rings. The lowest BCUT2D eigenvalue weighted by Gasteiger charge is -2.23. The van der Waals surface area contributed by atoms with Crippen LogP contribution in [0.4, 0.5) is 0 Å². The Bertz CT molecular complexity index is 1230. The monoisotopic (exact) mass is 550 g/mol. The summed E-state index contributed by atoms with van der Waals surface area (Å²) in [5.41, 5.74) is 13.0. The van der Waals surface area contributed by atoms with Crippen molar-refractivity contribution in [1.82, 2.24) is 21.3 Å². The highest BCUT2D eigenvalue weighted by Gasteiger charge is 2.28. The number of carbonyl (C=O) groups excluding carboxylic acids is 5. The molecule has 212 valence electrons. The minimum absolute atomic E-state index is 0.0290. The van der Waals surface area contributed by atoms with Crippen molar-refractivity contribution in [3.63, 3.8) is 0 Å². The first-order valence-electron chi connectivity index (χ1n) is 12.8. The molecule has 2 aromatic rings. The summed E-state index contributed by atoms with van der Waals surface area (Å²) in [5, 5.41) is 19.7. The number of hydrogen-bond acceptors (Lipinski definition) is 7. The largest absolute Gasteiger partial charge is 0.508 e. The van der Waals surface area contributed by atoms with Crippen LogP contribution in [0, 0.1) is 0 Å². The first-order valence-corrected chi connectivity index (χ1v) is 12.8. The zero-order valence-corrected chi connectivity index (χ0v) is 21.8. The lowest BCUT2D eigenvalue weighted by Crippen LogP contribution is -2.56. The lowest BCUT2D eigenvalue weighted by molar-refractivity contribution is -0.132. The zero-order valence-electron chi connectivity index (χ0n) is 21.8. The molecule has 4 atom stereocenters. The maximum atomic E-state index is 13.0. The van der Waals surface area contributed by atoms with Gasteiger partial charge >= 0.3 is 0 Å². The van der Waals surface area contributed by atoms with Crippen LogP contribution in [0.15, 0.2) is 66.7 Å². The molecule has 0 fully saturated rings. The highest BCUT2D eigenvalue weighted by Crippen LogP contribution is 2.11. The summed E-state index contributed by atoms with van der Waals surface area (Å²) in [4.78, 5) is 63.4. The Morgan fingerprint density at radius 2 is 1.60 bits per heavy atom. The van der Waals surface area contributed by atoms with Crippen molar-refractivity contribution in [2.45, 2.75) is 49.9 Å². The molecule has 0 saturated carbocycles. The minimum Gasteiger partial charge on any atom is -0.508 e. The Morgan fingerprint density at radius 1 is 0.925 bits per heavy atom. The van der Waals surface area contributed by atoms with Crippen LogP contribution < -0.4 is 32.7 Å². The van der Waals surface area contributed by atoms with Crippen molar-refractivity contribution < 1.29 is 29.1 Å². The molecular formula is C28H34N6O6. The Morgan fingerprint density at radius 3 is 2.27 bits per heavy atom. The van der Waals surface area contributed by atoms with Crippen LogP contribution in [0.2, 0.25) is 0 Å². The first kappa shape index (κ1) is 29.8. The summed E-state index contributed by atoms with van der Waals surface area (Å²) >= 11 is 0. The van der Waals surface area contributed by atoms with Crippen LogP contribution in [0.1, 0.15) is 24.0 Å². The molecule has 5 amide bonds. The molecule has 12 heteroatoms. The molecule has 0 aromatic heterocycles. The number of primary amides is 1. The molecule has 40 heavy (non-hydrogen) atoms. The number of benzene rings is 2. The number of aromatic hydroxyl groups is 1. The van der Waals surface area contributed by atoms with E-state index < -0.39 is 60.2 Å². The molecule has 0 bridgehead atoms. The Hall–Kier alpha value is -4.71. The van der Waals surface area contributed by atoms with Gasteiger partial charge in [0.25, 0.3) is 0 Å². The van der Waals surface area contributed by atoms with Crippen molar-refractivity contribution >= 4 is 29.5 Å². The quantitative estimate of drug-likeness (QED) is 0.212. The van der Waals surface area contributed by atoms with Gasteiger partial charge in [-0.25, -0.2) is 0 Å². The highest BCUT2D eigenvalue weighted by molar-refractivity contribution is 5.94. The fourth-order valence-electron chi connectivity index (χ4n) is 4.07. The predicted molar refractivity (Wildman–Crippen MR) is 146 cm³/mol. The highest BCUT2D eigenvalue weighted by atomic mass is 16.3. The van der Waals surface area contributed by atoms with E-state index >= 15 is 0 Å². The normalized spacial score (nSPS) is 22.0. The topological polar surface area (TPSA) is 206 Å². The van der Waals surface area contributed by atoms with Crippen molar-refractivity contribution in [2.24, 2.45) is 11.5 Å². The summed E-state index contributed by atoms with van der Waals surface area (Å²) in [6, 6.07) is 11.1. The molecule has 0 radical (unpaired) electrons. The smallest absolute Gasteiger partial charge is 0.243 e. The average molecular weight is 551 g/mol. The molecule has 2 unspecified atom stereocenters. The van der Waals surface area contributed by atoms with Crippen molar-refractivity contribution in [3.8, 4) is 5.75 Å². The number of rotatable bonds is 7. The average Bonchev–Trinajstić information content (AvgIpc) is 2.93. The number of carbonyl (C=O) groups is 5.